The first kappa shape index (κ1) is 10.4. The van der Waals surface area contributed by atoms with Crippen LogP contribution in [0.3, 0.4) is 0 Å². The highest BCUT2D eigenvalue weighted by atomic mass is 15.2. The third-order valence-corrected chi connectivity index (χ3v) is 2.92. The van der Waals surface area contributed by atoms with Crippen LogP contribution in [0.2, 0.25) is 0 Å². The average Bonchev–Trinajstić information content (AvgIpc) is 2.16. The molecule has 1 saturated heterocycles. The Bertz CT molecular complexity index is 303. The largest absolute Gasteiger partial charge is 0.341 e. The molecule has 0 amide bonds. The number of rotatable bonds is 1. The summed E-state index contributed by atoms with van der Waals surface area (Å²) in [5, 5.41) is 0. The van der Waals surface area contributed by atoms with Crippen molar-refractivity contribution in [2.24, 2.45) is 0 Å². The topological polar surface area (TPSA) is 29.0 Å². The van der Waals surface area contributed by atoms with E-state index >= 15 is 0 Å². The van der Waals surface area contributed by atoms with E-state index in [0.717, 1.165) is 24.7 Å². The quantitative estimate of drug-likeness (QED) is 0.705. The highest BCUT2D eigenvalue weighted by molar-refractivity contribution is 5.29. The van der Waals surface area contributed by atoms with E-state index in [0.29, 0.717) is 0 Å². The maximum Gasteiger partial charge on any atom is 0.225 e. The van der Waals surface area contributed by atoms with Crippen LogP contribution in [0.15, 0.2) is 12.3 Å². The second-order valence-electron chi connectivity index (χ2n) is 4.25. The van der Waals surface area contributed by atoms with Gasteiger partial charge >= 0.3 is 0 Å². The number of aryl methyl sites for hydroxylation is 1. The molecule has 2 heterocycles. The van der Waals surface area contributed by atoms with Gasteiger partial charge < -0.3 is 4.90 Å². The van der Waals surface area contributed by atoms with E-state index in [1.165, 1.54) is 32.1 Å². The fourth-order valence-electron chi connectivity index (χ4n) is 2.04. The molecule has 1 aliphatic heterocycles. The lowest BCUT2D eigenvalue weighted by atomic mass is 10.1. The molecule has 1 aliphatic rings. The first-order valence-corrected chi connectivity index (χ1v) is 5.91. The van der Waals surface area contributed by atoms with Crippen molar-refractivity contribution >= 4 is 5.95 Å². The third kappa shape index (κ3) is 2.91. The van der Waals surface area contributed by atoms with Crippen LogP contribution in [0.4, 0.5) is 5.95 Å². The van der Waals surface area contributed by atoms with Gasteiger partial charge in [0.15, 0.2) is 0 Å². The average molecular weight is 205 g/mol. The monoisotopic (exact) mass is 205 g/mol. The smallest absolute Gasteiger partial charge is 0.225 e. The molecular formula is C12H19N3. The normalized spacial score (nSPS) is 18.3. The van der Waals surface area contributed by atoms with Gasteiger partial charge in [0.2, 0.25) is 5.95 Å². The van der Waals surface area contributed by atoms with Crippen molar-refractivity contribution in [1.29, 1.82) is 0 Å². The molecule has 0 radical (unpaired) electrons. The predicted molar refractivity (Wildman–Crippen MR) is 62.1 cm³/mol. The van der Waals surface area contributed by atoms with Crippen LogP contribution in [0, 0.1) is 6.92 Å². The Balaban J connectivity index is 2.06. The zero-order valence-electron chi connectivity index (χ0n) is 9.45. The minimum Gasteiger partial charge on any atom is -0.341 e. The van der Waals surface area contributed by atoms with Gasteiger partial charge in [0.05, 0.1) is 0 Å². The van der Waals surface area contributed by atoms with Gasteiger partial charge in [-0.3, -0.25) is 0 Å². The number of anilines is 1. The molecule has 0 saturated carbocycles. The third-order valence-electron chi connectivity index (χ3n) is 2.92. The second kappa shape index (κ2) is 5.10. The molecular weight excluding hydrogens is 186 g/mol. The molecule has 3 heteroatoms. The highest BCUT2D eigenvalue weighted by Gasteiger charge is 2.10. The summed E-state index contributed by atoms with van der Waals surface area (Å²) < 4.78 is 0. The number of hydrogen-bond donors (Lipinski definition) is 0. The van der Waals surface area contributed by atoms with Crippen molar-refractivity contribution in [1.82, 2.24) is 9.97 Å². The van der Waals surface area contributed by atoms with E-state index in [4.69, 9.17) is 0 Å². The molecule has 1 fully saturated rings. The van der Waals surface area contributed by atoms with Gasteiger partial charge in [-0.05, 0) is 25.8 Å². The number of hydrogen-bond acceptors (Lipinski definition) is 3. The van der Waals surface area contributed by atoms with Crippen molar-refractivity contribution in [3.63, 3.8) is 0 Å². The fourth-order valence-corrected chi connectivity index (χ4v) is 2.04. The molecule has 0 bridgehead atoms. The Hall–Kier alpha value is -1.12. The molecule has 2 rings (SSSR count). The molecule has 0 aromatic carbocycles. The Morgan fingerprint density at radius 3 is 2.40 bits per heavy atom. The zero-order chi connectivity index (χ0) is 10.5. The van der Waals surface area contributed by atoms with Crippen molar-refractivity contribution in [2.45, 2.75) is 39.0 Å². The number of nitrogens with zero attached hydrogens (tertiary/aromatic N) is 3. The van der Waals surface area contributed by atoms with Crippen LogP contribution in [-0.4, -0.2) is 23.1 Å². The standard InChI is InChI=1S/C12H19N3/c1-11-7-8-13-12(14-11)15-9-5-3-2-4-6-10-15/h7-8H,2-6,9-10H2,1H3. The van der Waals surface area contributed by atoms with Crippen LogP contribution in [-0.2, 0) is 0 Å². The molecule has 15 heavy (non-hydrogen) atoms. The lowest BCUT2D eigenvalue weighted by Gasteiger charge is -2.24. The fraction of sp³-hybridized carbons (Fsp3) is 0.667. The summed E-state index contributed by atoms with van der Waals surface area (Å²) in [6.45, 7) is 4.25. The summed E-state index contributed by atoms with van der Waals surface area (Å²) in [4.78, 5) is 11.2. The molecule has 0 aliphatic carbocycles. The molecule has 0 unspecified atom stereocenters. The minimum absolute atomic E-state index is 0.914. The summed E-state index contributed by atoms with van der Waals surface area (Å²) >= 11 is 0. The van der Waals surface area contributed by atoms with E-state index in [1.54, 1.807) is 0 Å². The molecule has 0 atom stereocenters. The maximum atomic E-state index is 4.48. The van der Waals surface area contributed by atoms with Gasteiger partial charge in [0.25, 0.3) is 0 Å². The van der Waals surface area contributed by atoms with Crippen molar-refractivity contribution in [2.75, 3.05) is 18.0 Å². The molecule has 0 spiro atoms. The van der Waals surface area contributed by atoms with E-state index < -0.39 is 0 Å². The Kier molecular flexibility index (Phi) is 3.54. The molecule has 0 N–H and O–H groups in total. The molecule has 1 aromatic rings. The Labute approximate surface area is 91.5 Å². The summed E-state index contributed by atoms with van der Waals surface area (Å²) in [6.07, 6.45) is 8.50. The molecule has 3 nitrogen and oxygen atoms in total. The van der Waals surface area contributed by atoms with Crippen LogP contribution >= 0.6 is 0 Å². The zero-order valence-corrected chi connectivity index (χ0v) is 9.45. The van der Waals surface area contributed by atoms with Crippen molar-refractivity contribution in [3.8, 4) is 0 Å². The van der Waals surface area contributed by atoms with Crippen LogP contribution in [0.25, 0.3) is 0 Å². The predicted octanol–water partition coefficient (Wildman–Crippen LogP) is 2.56. The Morgan fingerprint density at radius 1 is 1.07 bits per heavy atom. The summed E-state index contributed by atoms with van der Waals surface area (Å²) in [5.74, 6) is 0.914. The summed E-state index contributed by atoms with van der Waals surface area (Å²) in [5.41, 5.74) is 1.06. The van der Waals surface area contributed by atoms with E-state index in [9.17, 15) is 0 Å². The second-order valence-corrected chi connectivity index (χ2v) is 4.25. The van der Waals surface area contributed by atoms with Gasteiger partial charge in [0, 0.05) is 25.0 Å². The molecule has 82 valence electrons. The lowest BCUT2D eigenvalue weighted by Crippen LogP contribution is -2.28. The highest BCUT2D eigenvalue weighted by Crippen LogP contribution is 2.15. The summed E-state index contributed by atoms with van der Waals surface area (Å²) in [7, 11) is 0. The SMILES string of the molecule is Cc1ccnc(N2CCCCCCC2)n1. The van der Waals surface area contributed by atoms with Crippen LogP contribution in [0.1, 0.15) is 37.8 Å². The Morgan fingerprint density at radius 2 is 1.73 bits per heavy atom. The van der Waals surface area contributed by atoms with Crippen molar-refractivity contribution in [3.05, 3.63) is 18.0 Å². The first-order valence-electron chi connectivity index (χ1n) is 5.91. The van der Waals surface area contributed by atoms with Gasteiger partial charge in [-0.15, -0.1) is 0 Å². The minimum atomic E-state index is 0.914. The molecule has 1 aromatic heterocycles. The van der Waals surface area contributed by atoms with E-state index in [2.05, 4.69) is 14.9 Å². The number of aromatic nitrogens is 2. The van der Waals surface area contributed by atoms with Gasteiger partial charge in [0.1, 0.15) is 0 Å². The van der Waals surface area contributed by atoms with E-state index in [-0.39, 0.29) is 0 Å². The summed E-state index contributed by atoms with van der Waals surface area (Å²) in [6, 6.07) is 1.95. The van der Waals surface area contributed by atoms with Gasteiger partial charge in [-0.1, -0.05) is 19.3 Å². The first-order chi connectivity index (χ1) is 7.36. The van der Waals surface area contributed by atoms with Gasteiger partial charge in [-0.2, -0.15) is 0 Å². The van der Waals surface area contributed by atoms with Crippen molar-refractivity contribution < 1.29 is 0 Å². The van der Waals surface area contributed by atoms with Crippen LogP contribution in [0.5, 0.6) is 0 Å². The van der Waals surface area contributed by atoms with Gasteiger partial charge in [-0.25, -0.2) is 9.97 Å². The van der Waals surface area contributed by atoms with E-state index in [1.807, 2.05) is 19.2 Å². The van der Waals surface area contributed by atoms with Crippen LogP contribution < -0.4 is 4.90 Å². The maximum absolute atomic E-state index is 4.48. The lowest BCUT2D eigenvalue weighted by molar-refractivity contribution is 0.550.